The van der Waals surface area contributed by atoms with E-state index in [1.807, 2.05) is 12.1 Å². The third-order valence-electron chi connectivity index (χ3n) is 4.96. The summed E-state index contributed by atoms with van der Waals surface area (Å²) in [6.07, 6.45) is 1.31. The quantitative estimate of drug-likeness (QED) is 0.745. The minimum Gasteiger partial charge on any atom is -0.356 e. The Hall–Kier alpha value is -2.03. The zero-order valence-electron chi connectivity index (χ0n) is 15.6. The molecule has 1 aliphatic rings. The third kappa shape index (κ3) is 5.32. The Labute approximate surface area is 173 Å². The number of carbonyl (C=O) groups excluding carboxylic acids is 1. The van der Waals surface area contributed by atoms with Gasteiger partial charge in [0.05, 0.1) is 0 Å². The van der Waals surface area contributed by atoms with Crippen LogP contribution in [0.15, 0.2) is 47.4 Å². The minimum atomic E-state index is -4.15. The van der Waals surface area contributed by atoms with Crippen molar-refractivity contribution in [3.63, 3.8) is 0 Å². The second-order valence-corrected chi connectivity index (χ2v) is 9.26. The number of halogens is 3. The maximum absolute atomic E-state index is 13.9. The standard InChI is InChI=1S/C20H21ClF2N2O3S/c21-16-3-1-14(2-4-16)7-10-24-20(26)15-8-11-25(12-9-15)29(27,28)19-13-17(22)5-6-18(19)23/h1-6,13,15H,7-12H2,(H,24,26). The van der Waals surface area contributed by atoms with Crippen molar-refractivity contribution in [3.05, 3.63) is 64.7 Å². The fourth-order valence-corrected chi connectivity index (χ4v) is 4.97. The number of hydrogen-bond acceptors (Lipinski definition) is 3. The van der Waals surface area contributed by atoms with Crippen LogP contribution in [0, 0.1) is 17.6 Å². The zero-order chi connectivity index (χ0) is 21.0. The molecule has 29 heavy (non-hydrogen) atoms. The molecule has 0 spiro atoms. The fourth-order valence-electron chi connectivity index (χ4n) is 3.30. The van der Waals surface area contributed by atoms with Gasteiger partial charge in [0.2, 0.25) is 15.9 Å². The van der Waals surface area contributed by atoms with Crippen molar-refractivity contribution in [2.75, 3.05) is 19.6 Å². The average molecular weight is 443 g/mol. The predicted molar refractivity (Wildman–Crippen MR) is 106 cm³/mol. The van der Waals surface area contributed by atoms with Gasteiger partial charge in [0.25, 0.3) is 0 Å². The molecular weight excluding hydrogens is 422 g/mol. The van der Waals surface area contributed by atoms with Gasteiger partial charge < -0.3 is 5.32 Å². The molecule has 1 saturated heterocycles. The predicted octanol–water partition coefficient (Wildman–Crippen LogP) is 3.38. The van der Waals surface area contributed by atoms with Crippen LogP contribution >= 0.6 is 11.6 Å². The van der Waals surface area contributed by atoms with Gasteiger partial charge in [-0.1, -0.05) is 23.7 Å². The molecule has 2 aromatic rings. The summed E-state index contributed by atoms with van der Waals surface area (Å²) in [7, 11) is -4.15. The Morgan fingerprint density at radius 1 is 1.10 bits per heavy atom. The molecule has 1 N–H and O–H groups in total. The third-order valence-corrected chi connectivity index (χ3v) is 7.13. The van der Waals surface area contributed by atoms with Crippen LogP contribution in [0.3, 0.4) is 0 Å². The van der Waals surface area contributed by atoms with Gasteiger partial charge in [-0.25, -0.2) is 17.2 Å². The first kappa shape index (κ1) is 21.7. The highest BCUT2D eigenvalue weighted by Gasteiger charge is 2.33. The second kappa shape index (κ2) is 9.19. The molecule has 9 heteroatoms. The van der Waals surface area contributed by atoms with Gasteiger partial charge in [-0.15, -0.1) is 0 Å². The van der Waals surface area contributed by atoms with Crippen molar-refractivity contribution in [1.29, 1.82) is 0 Å². The number of carbonyl (C=O) groups is 1. The number of hydrogen-bond donors (Lipinski definition) is 1. The molecule has 1 aliphatic heterocycles. The number of sulfonamides is 1. The van der Waals surface area contributed by atoms with Gasteiger partial charge in [0.15, 0.2) is 0 Å². The Kier molecular flexibility index (Phi) is 6.87. The fraction of sp³-hybridized carbons (Fsp3) is 0.350. The van der Waals surface area contributed by atoms with Crippen LogP contribution in [0.5, 0.6) is 0 Å². The number of rotatable bonds is 6. The first-order chi connectivity index (χ1) is 13.8. The van der Waals surface area contributed by atoms with Crippen molar-refractivity contribution in [3.8, 4) is 0 Å². The van der Waals surface area contributed by atoms with E-state index in [0.717, 1.165) is 22.0 Å². The molecule has 0 radical (unpaired) electrons. The number of nitrogens with zero attached hydrogens (tertiary/aromatic N) is 1. The van der Waals surface area contributed by atoms with Gasteiger partial charge >= 0.3 is 0 Å². The molecule has 1 heterocycles. The zero-order valence-corrected chi connectivity index (χ0v) is 17.1. The van der Waals surface area contributed by atoms with Crippen LogP contribution in [0.2, 0.25) is 5.02 Å². The lowest BCUT2D eigenvalue weighted by Crippen LogP contribution is -2.43. The number of amides is 1. The van der Waals surface area contributed by atoms with E-state index in [1.165, 1.54) is 0 Å². The molecule has 1 fully saturated rings. The summed E-state index contributed by atoms with van der Waals surface area (Å²) in [6, 6.07) is 9.71. The van der Waals surface area contributed by atoms with Gasteiger partial charge in [-0.05, 0) is 55.2 Å². The van der Waals surface area contributed by atoms with Crippen LogP contribution < -0.4 is 5.32 Å². The molecule has 0 saturated carbocycles. The molecule has 0 bridgehead atoms. The summed E-state index contributed by atoms with van der Waals surface area (Å²) in [6.45, 7) is 0.620. The molecule has 3 rings (SSSR count). The molecule has 0 unspecified atom stereocenters. The molecule has 0 atom stereocenters. The van der Waals surface area contributed by atoms with Crippen LogP contribution in [-0.2, 0) is 21.2 Å². The van der Waals surface area contributed by atoms with Crippen molar-refractivity contribution >= 4 is 27.5 Å². The van der Waals surface area contributed by atoms with E-state index >= 15 is 0 Å². The lowest BCUT2D eigenvalue weighted by Gasteiger charge is -2.30. The Balaban J connectivity index is 1.52. The molecule has 5 nitrogen and oxygen atoms in total. The summed E-state index contributed by atoms with van der Waals surface area (Å²) in [4.78, 5) is 11.7. The number of piperidine rings is 1. The lowest BCUT2D eigenvalue weighted by molar-refractivity contribution is -0.126. The highest BCUT2D eigenvalue weighted by molar-refractivity contribution is 7.89. The van der Waals surface area contributed by atoms with Crippen LogP contribution in [0.1, 0.15) is 18.4 Å². The Morgan fingerprint density at radius 2 is 1.76 bits per heavy atom. The maximum Gasteiger partial charge on any atom is 0.246 e. The van der Waals surface area contributed by atoms with Crippen molar-refractivity contribution in [1.82, 2.24) is 9.62 Å². The molecule has 156 valence electrons. The number of nitrogens with one attached hydrogen (secondary N) is 1. The van der Waals surface area contributed by atoms with E-state index in [-0.39, 0.29) is 24.9 Å². The van der Waals surface area contributed by atoms with E-state index in [9.17, 15) is 22.0 Å². The Bertz CT molecular complexity index is 976. The summed E-state index contributed by atoms with van der Waals surface area (Å²) in [5, 5.41) is 3.52. The SMILES string of the molecule is O=C(NCCc1ccc(Cl)cc1)C1CCN(S(=O)(=O)c2cc(F)ccc2F)CC1. The summed E-state index contributed by atoms with van der Waals surface area (Å²) in [5.41, 5.74) is 1.05. The van der Waals surface area contributed by atoms with E-state index in [0.29, 0.717) is 36.9 Å². The molecular formula is C20H21ClF2N2O3S. The molecule has 0 aromatic heterocycles. The van der Waals surface area contributed by atoms with Crippen molar-refractivity contribution in [2.45, 2.75) is 24.2 Å². The van der Waals surface area contributed by atoms with Gasteiger partial charge in [-0.2, -0.15) is 4.31 Å². The highest BCUT2D eigenvalue weighted by Crippen LogP contribution is 2.26. The monoisotopic (exact) mass is 442 g/mol. The van der Waals surface area contributed by atoms with E-state index in [2.05, 4.69) is 5.32 Å². The van der Waals surface area contributed by atoms with Crippen LogP contribution in [-0.4, -0.2) is 38.3 Å². The molecule has 1 amide bonds. The van der Waals surface area contributed by atoms with E-state index in [4.69, 9.17) is 11.6 Å². The first-order valence-electron chi connectivity index (χ1n) is 9.25. The van der Waals surface area contributed by atoms with Crippen molar-refractivity contribution < 1.29 is 22.0 Å². The van der Waals surface area contributed by atoms with E-state index in [1.54, 1.807) is 12.1 Å². The van der Waals surface area contributed by atoms with Gasteiger partial charge in [-0.3, -0.25) is 4.79 Å². The maximum atomic E-state index is 13.9. The lowest BCUT2D eigenvalue weighted by atomic mass is 9.97. The minimum absolute atomic E-state index is 0.0769. The Morgan fingerprint density at radius 3 is 2.41 bits per heavy atom. The summed E-state index contributed by atoms with van der Waals surface area (Å²) >= 11 is 5.84. The second-order valence-electron chi connectivity index (χ2n) is 6.92. The molecule has 0 aliphatic carbocycles. The highest BCUT2D eigenvalue weighted by atomic mass is 35.5. The topological polar surface area (TPSA) is 66.5 Å². The van der Waals surface area contributed by atoms with Gasteiger partial charge in [0, 0.05) is 30.6 Å². The summed E-state index contributed by atoms with van der Waals surface area (Å²) < 4.78 is 53.5. The first-order valence-corrected chi connectivity index (χ1v) is 11.1. The normalized spacial score (nSPS) is 16.0. The summed E-state index contributed by atoms with van der Waals surface area (Å²) in [5.74, 6) is -2.26. The number of benzene rings is 2. The van der Waals surface area contributed by atoms with Crippen molar-refractivity contribution in [2.24, 2.45) is 5.92 Å². The van der Waals surface area contributed by atoms with Gasteiger partial charge in [0.1, 0.15) is 16.5 Å². The van der Waals surface area contributed by atoms with Crippen LogP contribution in [0.25, 0.3) is 0 Å². The largest absolute Gasteiger partial charge is 0.356 e. The average Bonchev–Trinajstić information content (AvgIpc) is 2.71. The smallest absolute Gasteiger partial charge is 0.246 e. The molecule has 2 aromatic carbocycles. The van der Waals surface area contributed by atoms with E-state index < -0.39 is 26.6 Å². The van der Waals surface area contributed by atoms with Crippen LogP contribution in [0.4, 0.5) is 8.78 Å².